The fourth-order valence-corrected chi connectivity index (χ4v) is 1.63. The zero-order valence-electron chi connectivity index (χ0n) is 9.94. The lowest BCUT2D eigenvalue weighted by molar-refractivity contribution is -0.431. The Morgan fingerprint density at radius 2 is 2.18 bits per heavy atom. The zero-order chi connectivity index (χ0) is 13.0. The number of nitrogens with zero attached hydrogens (tertiary/aromatic N) is 1. The second-order valence-electron chi connectivity index (χ2n) is 3.84. The summed E-state index contributed by atoms with van der Waals surface area (Å²) in [6.07, 6.45) is 1.46. The van der Waals surface area contributed by atoms with E-state index in [2.05, 4.69) is 0 Å². The van der Waals surface area contributed by atoms with Gasteiger partial charge in [-0.3, -0.25) is 10.1 Å². The van der Waals surface area contributed by atoms with Crippen LogP contribution in [0.5, 0.6) is 5.75 Å². The second-order valence-corrected chi connectivity index (χ2v) is 4.24. The Hall–Kier alpha value is -1.55. The monoisotopic (exact) mass is 255 g/mol. The van der Waals surface area contributed by atoms with Crippen molar-refractivity contribution in [1.29, 1.82) is 0 Å². The quantitative estimate of drug-likeness (QED) is 0.610. The molecule has 0 saturated heterocycles. The summed E-state index contributed by atoms with van der Waals surface area (Å²) in [5.74, 6) is 0.337. The van der Waals surface area contributed by atoms with Gasteiger partial charge in [0, 0.05) is 17.6 Å². The van der Waals surface area contributed by atoms with Crippen LogP contribution in [0.4, 0.5) is 0 Å². The van der Waals surface area contributed by atoms with E-state index in [9.17, 15) is 10.1 Å². The van der Waals surface area contributed by atoms with E-state index in [1.165, 1.54) is 13.2 Å². The van der Waals surface area contributed by atoms with Gasteiger partial charge in [0.25, 0.3) is 0 Å². The van der Waals surface area contributed by atoms with E-state index in [1.54, 1.807) is 32.0 Å². The molecule has 0 fully saturated rings. The van der Waals surface area contributed by atoms with Gasteiger partial charge in [0.15, 0.2) is 0 Å². The van der Waals surface area contributed by atoms with Gasteiger partial charge < -0.3 is 4.74 Å². The van der Waals surface area contributed by atoms with Crippen LogP contribution < -0.4 is 4.74 Å². The van der Waals surface area contributed by atoms with E-state index < -0.39 is 4.92 Å². The topological polar surface area (TPSA) is 52.4 Å². The van der Waals surface area contributed by atoms with E-state index in [0.717, 1.165) is 0 Å². The Kier molecular flexibility index (Phi) is 4.52. The smallest absolute Gasteiger partial charge is 0.249 e. The molecule has 0 atom stereocenters. The first-order chi connectivity index (χ1) is 7.97. The number of benzene rings is 1. The summed E-state index contributed by atoms with van der Waals surface area (Å²) in [5, 5.41) is 11.3. The average Bonchev–Trinajstić information content (AvgIpc) is 2.25. The molecule has 0 spiro atoms. The standard InChI is InChI=1S/C12H14ClNO3/c1-8(2)11(14(15)16)7-9-10(13)5-4-6-12(9)17-3/h4-8H,1-3H3/b11-7-. The van der Waals surface area contributed by atoms with Gasteiger partial charge in [-0.25, -0.2) is 0 Å². The van der Waals surface area contributed by atoms with Crippen molar-refractivity contribution in [3.8, 4) is 5.75 Å². The van der Waals surface area contributed by atoms with Crippen molar-refractivity contribution in [1.82, 2.24) is 0 Å². The molecule has 4 nitrogen and oxygen atoms in total. The molecule has 0 aromatic heterocycles. The van der Waals surface area contributed by atoms with Gasteiger partial charge in [-0.05, 0) is 12.1 Å². The summed E-state index contributed by atoms with van der Waals surface area (Å²) in [5.41, 5.74) is 0.647. The lowest BCUT2D eigenvalue weighted by Crippen LogP contribution is -2.05. The van der Waals surface area contributed by atoms with Gasteiger partial charge in [-0.2, -0.15) is 0 Å². The molecule has 0 N–H and O–H groups in total. The summed E-state index contributed by atoms with van der Waals surface area (Å²) >= 11 is 6.01. The highest BCUT2D eigenvalue weighted by molar-refractivity contribution is 6.32. The number of rotatable bonds is 4. The minimum Gasteiger partial charge on any atom is -0.496 e. The maximum Gasteiger partial charge on any atom is 0.249 e. The fraction of sp³-hybridized carbons (Fsp3) is 0.333. The Morgan fingerprint density at radius 3 is 2.65 bits per heavy atom. The number of allylic oxidation sites excluding steroid dienone is 1. The Labute approximate surface area is 105 Å². The lowest BCUT2D eigenvalue weighted by Gasteiger charge is -2.07. The minimum atomic E-state index is -0.395. The number of hydrogen-bond donors (Lipinski definition) is 0. The third-order valence-electron chi connectivity index (χ3n) is 2.33. The number of ether oxygens (including phenoxy) is 1. The summed E-state index contributed by atoms with van der Waals surface area (Å²) in [7, 11) is 1.50. The van der Waals surface area contributed by atoms with Gasteiger partial charge in [0.2, 0.25) is 5.70 Å². The molecular weight excluding hydrogens is 242 g/mol. The lowest BCUT2D eigenvalue weighted by atomic mass is 10.1. The van der Waals surface area contributed by atoms with Gasteiger partial charge in [-0.1, -0.05) is 31.5 Å². The predicted octanol–water partition coefficient (Wildman–Crippen LogP) is 3.62. The number of methoxy groups -OCH3 is 1. The predicted molar refractivity (Wildman–Crippen MR) is 67.8 cm³/mol. The fourth-order valence-electron chi connectivity index (χ4n) is 1.41. The second kappa shape index (κ2) is 5.68. The molecule has 0 aliphatic heterocycles. The molecule has 0 bridgehead atoms. The van der Waals surface area contributed by atoms with Crippen LogP contribution >= 0.6 is 11.6 Å². The van der Waals surface area contributed by atoms with Crippen molar-refractivity contribution >= 4 is 17.7 Å². The van der Waals surface area contributed by atoms with Crippen molar-refractivity contribution in [3.05, 3.63) is 44.6 Å². The number of nitro groups is 1. The molecule has 0 aliphatic carbocycles. The van der Waals surface area contributed by atoms with Crippen LogP contribution in [0.2, 0.25) is 5.02 Å². The first-order valence-electron chi connectivity index (χ1n) is 5.15. The van der Waals surface area contributed by atoms with E-state index in [4.69, 9.17) is 16.3 Å². The third kappa shape index (κ3) is 3.20. The molecule has 0 unspecified atom stereocenters. The molecule has 1 aromatic rings. The highest BCUT2D eigenvalue weighted by Crippen LogP contribution is 2.29. The van der Waals surface area contributed by atoms with Crippen LogP contribution in [0, 0.1) is 16.0 Å². The van der Waals surface area contributed by atoms with Crippen molar-refractivity contribution in [3.63, 3.8) is 0 Å². The largest absolute Gasteiger partial charge is 0.496 e. The highest BCUT2D eigenvalue weighted by atomic mass is 35.5. The molecule has 0 heterocycles. The van der Waals surface area contributed by atoms with Crippen LogP contribution in [-0.2, 0) is 0 Å². The van der Waals surface area contributed by atoms with Crippen LogP contribution in [0.3, 0.4) is 0 Å². The first-order valence-corrected chi connectivity index (χ1v) is 5.53. The van der Waals surface area contributed by atoms with Crippen LogP contribution in [-0.4, -0.2) is 12.0 Å². The average molecular weight is 256 g/mol. The van der Waals surface area contributed by atoms with Crippen LogP contribution in [0.15, 0.2) is 23.9 Å². The van der Waals surface area contributed by atoms with E-state index >= 15 is 0 Å². The SMILES string of the molecule is COc1cccc(Cl)c1/C=C(/C(C)C)[N+](=O)[O-]. The van der Waals surface area contributed by atoms with Crippen LogP contribution in [0.25, 0.3) is 6.08 Å². The molecule has 0 saturated carbocycles. The molecule has 1 aromatic carbocycles. The molecule has 0 amide bonds. The Bertz CT molecular complexity index is 455. The van der Waals surface area contributed by atoms with Gasteiger partial charge in [-0.15, -0.1) is 0 Å². The van der Waals surface area contributed by atoms with E-state index in [-0.39, 0.29) is 11.6 Å². The molecular formula is C12H14ClNO3. The Balaban J connectivity index is 3.33. The summed E-state index contributed by atoms with van der Waals surface area (Å²) in [4.78, 5) is 10.5. The van der Waals surface area contributed by atoms with Crippen molar-refractivity contribution < 1.29 is 9.66 Å². The van der Waals surface area contributed by atoms with Crippen molar-refractivity contribution in [2.45, 2.75) is 13.8 Å². The van der Waals surface area contributed by atoms with Crippen molar-refractivity contribution in [2.24, 2.45) is 5.92 Å². The first kappa shape index (κ1) is 13.5. The zero-order valence-corrected chi connectivity index (χ0v) is 10.7. The van der Waals surface area contributed by atoms with E-state index in [1.807, 2.05) is 0 Å². The summed E-state index contributed by atoms with van der Waals surface area (Å²) in [6.45, 7) is 3.52. The minimum absolute atomic E-state index is 0.108. The highest BCUT2D eigenvalue weighted by Gasteiger charge is 2.18. The third-order valence-corrected chi connectivity index (χ3v) is 2.66. The Morgan fingerprint density at radius 1 is 1.53 bits per heavy atom. The molecule has 5 heteroatoms. The van der Waals surface area contributed by atoms with Gasteiger partial charge in [0.1, 0.15) is 5.75 Å². The number of halogens is 1. The molecule has 92 valence electrons. The molecule has 1 rings (SSSR count). The van der Waals surface area contributed by atoms with Gasteiger partial charge in [0.05, 0.1) is 17.1 Å². The summed E-state index contributed by atoms with van der Waals surface area (Å²) < 4.78 is 5.13. The van der Waals surface area contributed by atoms with Crippen LogP contribution in [0.1, 0.15) is 19.4 Å². The molecule has 0 aliphatic rings. The van der Waals surface area contributed by atoms with Gasteiger partial charge >= 0.3 is 0 Å². The molecule has 17 heavy (non-hydrogen) atoms. The maximum absolute atomic E-state index is 10.9. The van der Waals surface area contributed by atoms with Crippen molar-refractivity contribution in [2.75, 3.05) is 7.11 Å². The summed E-state index contributed by atoms with van der Waals surface area (Å²) in [6, 6.07) is 5.13. The molecule has 0 radical (unpaired) electrons. The maximum atomic E-state index is 10.9. The number of hydrogen-bond acceptors (Lipinski definition) is 3. The normalized spacial score (nSPS) is 11.7. The van der Waals surface area contributed by atoms with E-state index in [0.29, 0.717) is 16.3 Å².